The van der Waals surface area contributed by atoms with Crippen LogP contribution in [0.2, 0.25) is 0 Å². The Balaban J connectivity index is 2.27. The van der Waals surface area contributed by atoms with E-state index in [-0.39, 0.29) is 10.8 Å². The Labute approximate surface area is 145 Å². The van der Waals surface area contributed by atoms with Crippen LogP contribution in [0.25, 0.3) is 0 Å². The van der Waals surface area contributed by atoms with Crippen molar-refractivity contribution in [3.05, 3.63) is 44.9 Å². The third kappa shape index (κ3) is 3.64. The number of carboxylic acid groups (broad SMARTS) is 1. The highest BCUT2D eigenvalue weighted by Gasteiger charge is 2.22. The van der Waals surface area contributed by atoms with Gasteiger partial charge >= 0.3 is 0 Å². The van der Waals surface area contributed by atoms with Crippen LogP contribution in [0.3, 0.4) is 0 Å². The molecule has 1 amide bonds. The number of aromatic carboxylic acids is 1. The first kappa shape index (κ1) is 18.1. The lowest BCUT2D eigenvalue weighted by atomic mass is 10.0. The quantitative estimate of drug-likeness (QED) is 0.872. The third-order valence-corrected chi connectivity index (χ3v) is 5.33. The molecule has 1 atom stereocenters. The van der Waals surface area contributed by atoms with Gasteiger partial charge in [-0.25, -0.2) is 4.98 Å². The smallest absolute Gasteiger partial charge is 0.234 e. The highest BCUT2D eigenvalue weighted by Crippen LogP contribution is 2.28. The number of thiazole rings is 1. The highest BCUT2D eigenvalue weighted by molar-refractivity contribution is 7.13. The second-order valence-corrected chi connectivity index (χ2v) is 6.65. The zero-order valence-electron chi connectivity index (χ0n) is 14.3. The van der Waals surface area contributed by atoms with Gasteiger partial charge in [0.2, 0.25) is 5.91 Å². The predicted octanol–water partition coefficient (Wildman–Crippen LogP) is 2.68. The number of hydrogen-bond donors (Lipinski definition) is 1. The second-order valence-electron chi connectivity index (χ2n) is 5.62. The van der Waals surface area contributed by atoms with Gasteiger partial charge in [0.25, 0.3) is 0 Å². The molecule has 0 fully saturated rings. The molecule has 0 spiro atoms. The fraction of sp³-hybridized carbons (Fsp3) is 0.389. The highest BCUT2D eigenvalue weighted by atomic mass is 32.1. The Kier molecular flexibility index (Phi) is 5.72. The van der Waals surface area contributed by atoms with Gasteiger partial charge < -0.3 is 15.2 Å². The van der Waals surface area contributed by atoms with Crippen molar-refractivity contribution in [1.82, 2.24) is 4.98 Å². The zero-order chi connectivity index (χ0) is 17.9. The first-order valence-electron chi connectivity index (χ1n) is 7.99. The molecule has 1 heterocycles. The summed E-state index contributed by atoms with van der Waals surface area (Å²) < 4.78 is 0. The molecule has 0 radical (unpaired) electrons. The van der Waals surface area contributed by atoms with E-state index < -0.39 is 11.9 Å². The van der Waals surface area contributed by atoms with Crippen molar-refractivity contribution in [3.8, 4) is 0 Å². The normalized spacial score (nSPS) is 12.0. The van der Waals surface area contributed by atoms with Gasteiger partial charge in [0.1, 0.15) is 5.01 Å². The molecular weight excluding hydrogens is 324 g/mol. The van der Waals surface area contributed by atoms with Crippen LogP contribution in [-0.4, -0.2) is 16.9 Å². The van der Waals surface area contributed by atoms with Crippen LogP contribution in [0.5, 0.6) is 0 Å². The third-order valence-electron chi connectivity index (χ3n) is 4.01. The van der Waals surface area contributed by atoms with Crippen molar-refractivity contribution in [3.63, 3.8) is 0 Å². The molecule has 0 bridgehead atoms. The standard InChI is InChI=1S/C18H22N2O3S/c1-5-12-8-7-9-13(6-2)14(12)20-16(21)10(3)17-19-11(4)15(24-17)18(22)23/h7-10H,5-6H2,1-4H3,(H,20,21)(H,22,23)/p-1/t10-/m1/s1. The molecule has 0 unspecified atom stereocenters. The van der Waals surface area contributed by atoms with E-state index in [1.165, 1.54) is 0 Å². The largest absolute Gasteiger partial charge is 0.544 e. The van der Waals surface area contributed by atoms with Gasteiger partial charge in [-0.05, 0) is 37.8 Å². The number of carbonyl (C=O) groups is 2. The van der Waals surface area contributed by atoms with E-state index in [1.54, 1.807) is 13.8 Å². The van der Waals surface area contributed by atoms with Gasteiger partial charge in [-0.1, -0.05) is 32.0 Å². The Morgan fingerprint density at radius 2 is 1.83 bits per heavy atom. The summed E-state index contributed by atoms with van der Waals surface area (Å²) >= 11 is 1.00. The van der Waals surface area contributed by atoms with Crippen molar-refractivity contribution >= 4 is 28.9 Å². The van der Waals surface area contributed by atoms with E-state index in [4.69, 9.17) is 0 Å². The number of anilines is 1. The summed E-state index contributed by atoms with van der Waals surface area (Å²) in [5.41, 5.74) is 3.41. The zero-order valence-corrected chi connectivity index (χ0v) is 15.1. The molecule has 1 aromatic heterocycles. The molecule has 2 rings (SSSR count). The van der Waals surface area contributed by atoms with Gasteiger partial charge in [0, 0.05) is 5.69 Å². The van der Waals surface area contributed by atoms with E-state index in [9.17, 15) is 14.7 Å². The summed E-state index contributed by atoms with van der Waals surface area (Å²) in [6.07, 6.45) is 1.64. The summed E-state index contributed by atoms with van der Waals surface area (Å²) in [4.78, 5) is 28.0. The van der Waals surface area contributed by atoms with Crippen molar-refractivity contribution in [2.24, 2.45) is 0 Å². The molecule has 24 heavy (non-hydrogen) atoms. The monoisotopic (exact) mass is 345 g/mol. The topological polar surface area (TPSA) is 82.1 Å². The molecular formula is C18H21N2O3S-. The Hall–Kier alpha value is -2.21. The summed E-state index contributed by atoms with van der Waals surface area (Å²) in [5.74, 6) is -1.98. The molecule has 0 aliphatic carbocycles. The number of benzene rings is 1. The lowest BCUT2D eigenvalue weighted by Crippen LogP contribution is -2.21. The molecule has 0 aliphatic heterocycles. The Morgan fingerprint density at radius 1 is 1.25 bits per heavy atom. The number of rotatable bonds is 6. The molecule has 5 nitrogen and oxygen atoms in total. The van der Waals surface area contributed by atoms with Gasteiger partial charge in [-0.2, -0.15) is 0 Å². The molecule has 0 aliphatic rings. The number of nitrogens with zero attached hydrogens (tertiary/aromatic N) is 1. The van der Waals surface area contributed by atoms with E-state index in [1.807, 2.05) is 32.0 Å². The number of aromatic nitrogens is 1. The van der Waals surface area contributed by atoms with Gasteiger partial charge in [-0.3, -0.25) is 4.79 Å². The second kappa shape index (κ2) is 7.57. The first-order chi connectivity index (χ1) is 11.4. The van der Waals surface area contributed by atoms with Gasteiger partial charge in [0.15, 0.2) is 0 Å². The Morgan fingerprint density at radius 3 is 2.29 bits per heavy atom. The summed E-state index contributed by atoms with van der Waals surface area (Å²) in [6.45, 7) is 7.43. The maximum atomic E-state index is 12.6. The maximum Gasteiger partial charge on any atom is 0.234 e. The van der Waals surface area contributed by atoms with Crippen LogP contribution in [0, 0.1) is 6.92 Å². The van der Waals surface area contributed by atoms with Crippen molar-refractivity contribution in [1.29, 1.82) is 0 Å². The van der Waals surface area contributed by atoms with E-state index >= 15 is 0 Å². The van der Waals surface area contributed by atoms with Crippen LogP contribution in [0.1, 0.15) is 58.2 Å². The summed E-state index contributed by atoms with van der Waals surface area (Å²) in [6, 6.07) is 6.00. The van der Waals surface area contributed by atoms with E-state index in [0.29, 0.717) is 10.7 Å². The average molecular weight is 345 g/mol. The minimum absolute atomic E-state index is 0.0767. The van der Waals surface area contributed by atoms with Gasteiger partial charge in [0.05, 0.1) is 22.5 Å². The number of amides is 1. The van der Waals surface area contributed by atoms with Crippen LogP contribution in [0.4, 0.5) is 5.69 Å². The molecule has 6 heteroatoms. The van der Waals surface area contributed by atoms with E-state index in [2.05, 4.69) is 10.3 Å². The summed E-state index contributed by atoms with van der Waals surface area (Å²) in [7, 11) is 0. The van der Waals surface area contributed by atoms with Gasteiger partial charge in [-0.15, -0.1) is 11.3 Å². The number of hydrogen-bond acceptors (Lipinski definition) is 5. The average Bonchev–Trinajstić information content (AvgIpc) is 2.96. The number of carbonyl (C=O) groups excluding carboxylic acids is 2. The van der Waals surface area contributed by atoms with Crippen LogP contribution in [-0.2, 0) is 17.6 Å². The molecule has 2 aromatic rings. The fourth-order valence-electron chi connectivity index (χ4n) is 2.54. The van der Waals surface area contributed by atoms with Crippen molar-refractivity contribution in [2.75, 3.05) is 5.32 Å². The maximum absolute atomic E-state index is 12.6. The summed E-state index contributed by atoms with van der Waals surface area (Å²) in [5, 5.41) is 14.5. The van der Waals surface area contributed by atoms with Crippen LogP contribution in [0.15, 0.2) is 18.2 Å². The first-order valence-corrected chi connectivity index (χ1v) is 8.80. The number of nitrogens with one attached hydrogen (secondary N) is 1. The minimum Gasteiger partial charge on any atom is -0.544 e. The fourth-order valence-corrected chi connectivity index (χ4v) is 3.49. The predicted molar refractivity (Wildman–Crippen MR) is 93.4 cm³/mol. The van der Waals surface area contributed by atoms with Crippen LogP contribution >= 0.6 is 11.3 Å². The molecule has 1 aromatic carbocycles. The SMILES string of the molecule is CCc1cccc(CC)c1NC(=O)[C@@H](C)c1nc(C)c(C(=O)[O-])s1. The van der Waals surface area contributed by atoms with Crippen molar-refractivity contribution < 1.29 is 14.7 Å². The number of carboxylic acids is 1. The minimum atomic E-state index is -1.26. The lowest BCUT2D eigenvalue weighted by Gasteiger charge is -2.16. The lowest BCUT2D eigenvalue weighted by molar-refractivity contribution is -0.254. The Bertz CT molecular complexity index is 745. The number of aryl methyl sites for hydroxylation is 3. The van der Waals surface area contributed by atoms with Crippen molar-refractivity contribution in [2.45, 2.75) is 46.5 Å². The molecule has 0 saturated heterocycles. The van der Waals surface area contributed by atoms with Crippen LogP contribution < -0.4 is 10.4 Å². The van der Waals surface area contributed by atoms with E-state index in [0.717, 1.165) is 41.0 Å². The molecule has 128 valence electrons. The molecule has 0 saturated carbocycles. The number of para-hydroxylation sites is 1. The molecule has 1 N–H and O–H groups in total.